The number of nitrogens with zero attached hydrogens (tertiary/aromatic N) is 1. The van der Waals surface area contributed by atoms with Crippen molar-refractivity contribution in [1.29, 1.82) is 0 Å². The van der Waals surface area contributed by atoms with Crippen molar-refractivity contribution in [1.82, 2.24) is 4.90 Å². The fraction of sp³-hybridized carbons (Fsp3) is 0.529. The van der Waals surface area contributed by atoms with E-state index in [1.165, 1.54) is 4.90 Å². The zero-order chi connectivity index (χ0) is 17.1. The van der Waals surface area contributed by atoms with Crippen LogP contribution in [0.4, 0.5) is 0 Å². The summed E-state index contributed by atoms with van der Waals surface area (Å²) in [5.41, 5.74) is 0.859. The van der Waals surface area contributed by atoms with Gasteiger partial charge in [-0.1, -0.05) is 12.1 Å². The Hall–Kier alpha value is -2.08. The minimum atomic E-state index is -0.343. The highest BCUT2D eigenvalue weighted by Crippen LogP contribution is 2.13. The second-order valence-electron chi connectivity index (χ2n) is 4.91. The van der Waals surface area contributed by atoms with Gasteiger partial charge in [0.15, 0.2) is 0 Å². The van der Waals surface area contributed by atoms with Crippen molar-refractivity contribution in [2.45, 2.75) is 26.7 Å². The van der Waals surface area contributed by atoms with E-state index in [-0.39, 0.29) is 44.4 Å². The molecule has 6 nitrogen and oxygen atoms in total. The lowest BCUT2D eigenvalue weighted by Gasteiger charge is -2.21. The predicted molar refractivity (Wildman–Crippen MR) is 86.2 cm³/mol. The molecule has 1 amide bonds. The van der Waals surface area contributed by atoms with Crippen LogP contribution in [0.5, 0.6) is 5.75 Å². The van der Waals surface area contributed by atoms with E-state index in [2.05, 4.69) is 0 Å². The Bertz CT molecular complexity index is 486. The molecule has 1 N–H and O–H groups in total. The summed E-state index contributed by atoms with van der Waals surface area (Å²) in [5, 5.41) is 9.09. The van der Waals surface area contributed by atoms with Crippen LogP contribution < -0.4 is 4.74 Å². The number of hydrogen-bond donors (Lipinski definition) is 1. The Morgan fingerprint density at radius 3 is 2.35 bits per heavy atom. The summed E-state index contributed by atoms with van der Waals surface area (Å²) in [7, 11) is 0. The number of aliphatic hydroxyl groups excluding tert-OH is 1. The summed E-state index contributed by atoms with van der Waals surface area (Å²) < 4.78 is 10.2. The van der Waals surface area contributed by atoms with Crippen molar-refractivity contribution in [2.24, 2.45) is 0 Å². The molecule has 0 saturated carbocycles. The highest BCUT2D eigenvalue weighted by molar-refractivity contribution is 5.79. The third-order valence-corrected chi connectivity index (χ3v) is 3.20. The van der Waals surface area contributed by atoms with Gasteiger partial charge in [0.25, 0.3) is 0 Å². The number of amides is 1. The van der Waals surface area contributed by atoms with Crippen LogP contribution in [-0.4, -0.2) is 54.8 Å². The Labute approximate surface area is 137 Å². The van der Waals surface area contributed by atoms with Gasteiger partial charge in [0.1, 0.15) is 5.75 Å². The molecule has 1 aromatic rings. The normalized spacial score (nSPS) is 10.2. The van der Waals surface area contributed by atoms with E-state index in [4.69, 9.17) is 14.6 Å². The van der Waals surface area contributed by atoms with Gasteiger partial charge in [-0.05, 0) is 31.5 Å². The molecule has 0 atom stereocenters. The zero-order valence-electron chi connectivity index (χ0n) is 13.8. The molecule has 128 valence electrons. The SMILES string of the molecule is CCOC(=O)CCN(CCO)C(=O)Cc1ccc(OCC)cc1. The minimum absolute atomic E-state index is 0.128. The topological polar surface area (TPSA) is 76.1 Å². The van der Waals surface area contributed by atoms with Crippen molar-refractivity contribution in [3.63, 3.8) is 0 Å². The van der Waals surface area contributed by atoms with Crippen LogP contribution in [0.2, 0.25) is 0 Å². The van der Waals surface area contributed by atoms with Gasteiger partial charge in [-0.15, -0.1) is 0 Å². The number of carbonyl (C=O) groups excluding carboxylic acids is 2. The average Bonchev–Trinajstić information content (AvgIpc) is 2.53. The van der Waals surface area contributed by atoms with Gasteiger partial charge < -0.3 is 19.5 Å². The number of esters is 1. The molecule has 0 saturated heterocycles. The molecule has 6 heteroatoms. The lowest BCUT2D eigenvalue weighted by molar-refractivity contribution is -0.144. The molecule has 1 aromatic carbocycles. The van der Waals surface area contributed by atoms with E-state index in [1.807, 2.05) is 31.2 Å². The first kappa shape index (κ1) is 19.0. The molecule has 0 radical (unpaired) electrons. The molecular formula is C17H25NO5. The summed E-state index contributed by atoms with van der Waals surface area (Å²) in [6.45, 7) is 4.87. The van der Waals surface area contributed by atoms with Crippen LogP contribution in [0, 0.1) is 0 Å². The third-order valence-electron chi connectivity index (χ3n) is 3.20. The largest absolute Gasteiger partial charge is 0.494 e. The van der Waals surface area contributed by atoms with Gasteiger partial charge in [0, 0.05) is 13.1 Å². The Morgan fingerprint density at radius 1 is 1.09 bits per heavy atom. The molecular weight excluding hydrogens is 298 g/mol. The maximum absolute atomic E-state index is 12.3. The van der Waals surface area contributed by atoms with E-state index < -0.39 is 0 Å². The first-order valence-electron chi connectivity index (χ1n) is 7.86. The average molecular weight is 323 g/mol. The molecule has 0 bridgehead atoms. The van der Waals surface area contributed by atoms with Crippen LogP contribution in [0.3, 0.4) is 0 Å². The van der Waals surface area contributed by atoms with Crippen molar-refractivity contribution >= 4 is 11.9 Å². The Morgan fingerprint density at radius 2 is 1.78 bits per heavy atom. The molecule has 0 aromatic heterocycles. The lowest BCUT2D eigenvalue weighted by atomic mass is 10.1. The number of aliphatic hydroxyl groups is 1. The van der Waals surface area contributed by atoms with Crippen LogP contribution in [0.15, 0.2) is 24.3 Å². The first-order valence-corrected chi connectivity index (χ1v) is 7.86. The Kier molecular flexibility index (Phi) is 8.75. The van der Waals surface area contributed by atoms with Gasteiger partial charge >= 0.3 is 5.97 Å². The van der Waals surface area contributed by atoms with Gasteiger partial charge in [0.05, 0.1) is 32.7 Å². The number of rotatable bonds is 10. The van der Waals surface area contributed by atoms with E-state index >= 15 is 0 Å². The molecule has 23 heavy (non-hydrogen) atoms. The third kappa shape index (κ3) is 7.15. The number of carbonyl (C=O) groups is 2. The van der Waals surface area contributed by atoms with Crippen LogP contribution in [0.25, 0.3) is 0 Å². The standard InChI is InChI=1S/C17H25NO5/c1-3-22-15-7-5-14(6-8-15)13-16(20)18(11-12-19)10-9-17(21)23-4-2/h5-8,19H,3-4,9-13H2,1-2H3. The van der Waals surface area contributed by atoms with Gasteiger partial charge in [-0.3, -0.25) is 9.59 Å². The molecule has 0 aliphatic rings. The highest BCUT2D eigenvalue weighted by atomic mass is 16.5. The van der Waals surface area contributed by atoms with Gasteiger partial charge in [-0.2, -0.15) is 0 Å². The summed E-state index contributed by atoms with van der Waals surface area (Å²) in [6, 6.07) is 7.32. The molecule has 0 unspecified atom stereocenters. The summed E-state index contributed by atoms with van der Waals surface area (Å²) in [6.07, 6.45) is 0.345. The molecule has 0 aliphatic carbocycles. The maximum Gasteiger partial charge on any atom is 0.307 e. The molecule has 0 spiro atoms. The fourth-order valence-electron chi connectivity index (χ4n) is 2.10. The van der Waals surface area contributed by atoms with Crippen molar-refractivity contribution < 1.29 is 24.2 Å². The van der Waals surface area contributed by atoms with Gasteiger partial charge in [0.2, 0.25) is 5.91 Å². The number of hydrogen-bond acceptors (Lipinski definition) is 5. The zero-order valence-corrected chi connectivity index (χ0v) is 13.8. The maximum atomic E-state index is 12.3. The monoisotopic (exact) mass is 323 g/mol. The lowest BCUT2D eigenvalue weighted by Crippen LogP contribution is -2.36. The van der Waals surface area contributed by atoms with E-state index in [0.29, 0.717) is 13.2 Å². The summed E-state index contributed by atoms with van der Waals surface area (Å²) in [5.74, 6) is 0.287. The smallest absolute Gasteiger partial charge is 0.307 e. The van der Waals surface area contributed by atoms with E-state index in [9.17, 15) is 9.59 Å². The van der Waals surface area contributed by atoms with Crippen LogP contribution in [0.1, 0.15) is 25.8 Å². The van der Waals surface area contributed by atoms with Crippen molar-refractivity contribution in [2.75, 3.05) is 32.9 Å². The Balaban J connectivity index is 2.57. The van der Waals surface area contributed by atoms with E-state index in [0.717, 1.165) is 11.3 Å². The molecule has 1 rings (SSSR count). The number of ether oxygens (including phenoxy) is 2. The fourth-order valence-corrected chi connectivity index (χ4v) is 2.10. The number of benzene rings is 1. The summed E-state index contributed by atoms with van der Waals surface area (Å²) >= 11 is 0. The summed E-state index contributed by atoms with van der Waals surface area (Å²) in [4.78, 5) is 25.2. The predicted octanol–water partition coefficient (Wildman–Crippen LogP) is 1.40. The van der Waals surface area contributed by atoms with Crippen molar-refractivity contribution in [3.8, 4) is 5.75 Å². The van der Waals surface area contributed by atoms with E-state index in [1.54, 1.807) is 6.92 Å². The van der Waals surface area contributed by atoms with Gasteiger partial charge in [-0.25, -0.2) is 0 Å². The minimum Gasteiger partial charge on any atom is -0.494 e. The highest BCUT2D eigenvalue weighted by Gasteiger charge is 2.15. The second-order valence-corrected chi connectivity index (χ2v) is 4.91. The first-order chi connectivity index (χ1) is 11.1. The molecule has 0 aliphatic heterocycles. The van der Waals surface area contributed by atoms with Crippen LogP contribution in [-0.2, 0) is 20.7 Å². The molecule has 0 heterocycles. The quantitative estimate of drug-likeness (QED) is 0.659. The van der Waals surface area contributed by atoms with Crippen LogP contribution >= 0.6 is 0 Å². The second kappa shape index (κ2) is 10.6. The molecule has 0 fully saturated rings. The van der Waals surface area contributed by atoms with Crippen molar-refractivity contribution in [3.05, 3.63) is 29.8 Å².